The molecule has 0 saturated heterocycles. The van der Waals surface area contributed by atoms with Crippen LogP contribution in [-0.2, 0) is 0 Å². The molecule has 5 heteroatoms. The fourth-order valence-electron chi connectivity index (χ4n) is 1.49. The van der Waals surface area contributed by atoms with Crippen LogP contribution in [0.5, 0.6) is 0 Å². The van der Waals surface area contributed by atoms with Gasteiger partial charge in [-0.3, -0.25) is 4.79 Å². The predicted octanol–water partition coefficient (Wildman–Crippen LogP) is 2.46. The molecule has 0 aliphatic carbocycles. The van der Waals surface area contributed by atoms with Crippen molar-refractivity contribution < 1.29 is 4.79 Å². The molecule has 0 aliphatic rings. The van der Waals surface area contributed by atoms with Crippen molar-refractivity contribution in [1.82, 2.24) is 15.3 Å². The summed E-state index contributed by atoms with van der Waals surface area (Å²) < 4.78 is 0. The number of unbranched alkanes of at least 4 members (excludes halogenated alkanes) is 1. The number of nitrogens with one attached hydrogen (secondary N) is 2. The van der Waals surface area contributed by atoms with E-state index < -0.39 is 0 Å². The molecular weight excluding hydrogens is 240 g/mol. The third-order valence-corrected chi connectivity index (χ3v) is 2.73. The summed E-state index contributed by atoms with van der Waals surface area (Å²) in [5, 5.41) is 6.00. The van der Waals surface area contributed by atoms with Crippen molar-refractivity contribution in [2.75, 3.05) is 18.4 Å². The molecule has 1 amide bonds. The van der Waals surface area contributed by atoms with E-state index in [0.717, 1.165) is 25.8 Å². The van der Waals surface area contributed by atoms with Crippen LogP contribution < -0.4 is 10.6 Å². The molecule has 0 bridgehead atoms. The van der Waals surface area contributed by atoms with E-state index in [9.17, 15) is 4.79 Å². The van der Waals surface area contributed by atoms with Gasteiger partial charge in [-0.2, -0.15) is 0 Å². The molecule has 0 aromatic carbocycles. The first-order valence-electron chi connectivity index (χ1n) is 6.97. The highest BCUT2D eigenvalue weighted by Crippen LogP contribution is 2.02. The van der Waals surface area contributed by atoms with Crippen molar-refractivity contribution in [1.29, 1.82) is 0 Å². The van der Waals surface area contributed by atoms with E-state index >= 15 is 0 Å². The summed E-state index contributed by atoms with van der Waals surface area (Å²) in [6.45, 7) is 7.95. The maximum Gasteiger partial charge on any atom is 0.271 e. The molecule has 0 radical (unpaired) electrons. The van der Waals surface area contributed by atoms with E-state index in [1.54, 1.807) is 6.20 Å². The molecule has 1 heterocycles. The van der Waals surface area contributed by atoms with Crippen LogP contribution in [0.15, 0.2) is 12.4 Å². The Kier molecular flexibility index (Phi) is 6.85. The van der Waals surface area contributed by atoms with E-state index in [0.29, 0.717) is 24.0 Å². The molecule has 1 rings (SSSR count). The molecule has 0 fully saturated rings. The van der Waals surface area contributed by atoms with E-state index in [1.807, 2.05) is 0 Å². The predicted molar refractivity (Wildman–Crippen MR) is 77.2 cm³/mol. The zero-order chi connectivity index (χ0) is 14.1. The number of amides is 1. The Morgan fingerprint density at radius 3 is 2.63 bits per heavy atom. The van der Waals surface area contributed by atoms with Crippen LogP contribution in [0.25, 0.3) is 0 Å². The SMILES string of the molecule is CCCCNc1cnc(C(=O)NCCC(C)C)cn1. The van der Waals surface area contributed by atoms with Crippen LogP contribution in [0.3, 0.4) is 0 Å². The minimum Gasteiger partial charge on any atom is -0.369 e. The van der Waals surface area contributed by atoms with Crippen molar-refractivity contribution in [3.63, 3.8) is 0 Å². The first kappa shape index (κ1) is 15.4. The summed E-state index contributed by atoms with van der Waals surface area (Å²) in [5.41, 5.74) is 0.366. The second kappa shape index (κ2) is 8.45. The minimum absolute atomic E-state index is 0.159. The normalized spacial score (nSPS) is 10.5. The molecule has 0 saturated carbocycles. The first-order chi connectivity index (χ1) is 9.13. The smallest absolute Gasteiger partial charge is 0.271 e. The lowest BCUT2D eigenvalue weighted by atomic mass is 10.1. The van der Waals surface area contributed by atoms with E-state index in [2.05, 4.69) is 41.4 Å². The van der Waals surface area contributed by atoms with Crippen LogP contribution in [0.4, 0.5) is 5.82 Å². The summed E-state index contributed by atoms with van der Waals surface area (Å²) in [4.78, 5) is 20.1. The Morgan fingerprint density at radius 1 is 1.26 bits per heavy atom. The zero-order valence-corrected chi connectivity index (χ0v) is 12.1. The topological polar surface area (TPSA) is 66.9 Å². The standard InChI is InChI=1S/C14H24N4O/c1-4-5-7-15-13-10-17-12(9-18-13)14(19)16-8-6-11(2)3/h9-11H,4-8H2,1-3H3,(H,15,18)(H,16,19). The van der Waals surface area contributed by atoms with Crippen LogP contribution in [-0.4, -0.2) is 29.0 Å². The second-order valence-electron chi connectivity index (χ2n) is 5.01. The maximum absolute atomic E-state index is 11.8. The summed E-state index contributed by atoms with van der Waals surface area (Å²) in [6.07, 6.45) is 6.32. The monoisotopic (exact) mass is 264 g/mol. The van der Waals surface area contributed by atoms with Gasteiger partial charge in [0, 0.05) is 13.1 Å². The number of rotatable bonds is 8. The van der Waals surface area contributed by atoms with Crippen molar-refractivity contribution in [2.45, 2.75) is 40.0 Å². The van der Waals surface area contributed by atoms with Gasteiger partial charge < -0.3 is 10.6 Å². The highest BCUT2D eigenvalue weighted by molar-refractivity contribution is 5.91. The first-order valence-corrected chi connectivity index (χ1v) is 6.97. The van der Waals surface area contributed by atoms with Crippen molar-refractivity contribution in [2.24, 2.45) is 5.92 Å². The molecule has 0 spiro atoms. The fraction of sp³-hybridized carbons (Fsp3) is 0.643. The van der Waals surface area contributed by atoms with Crippen molar-refractivity contribution >= 4 is 11.7 Å². The van der Waals surface area contributed by atoms with Gasteiger partial charge in [0.2, 0.25) is 0 Å². The Balaban J connectivity index is 2.39. The number of carbonyl (C=O) groups is 1. The van der Waals surface area contributed by atoms with Gasteiger partial charge in [-0.1, -0.05) is 27.2 Å². The number of aromatic nitrogens is 2. The van der Waals surface area contributed by atoms with Gasteiger partial charge in [0.1, 0.15) is 11.5 Å². The highest BCUT2D eigenvalue weighted by Gasteiger charge is 2.07. The fourth-order valence-corrected chi connectivity index (χ4v) is 1.49. The number of carbonyl (C=O) groups excluding carboxylic acids is 1. The summed E-state index contributed by atoms with van der Waals surface area (Å²) in [7, 11) is 0. The maximum atomic E-state index is 11.8. The third kappa shape index (κ3) is 6.18. The number of hydrogen-bond acceptors (Lipinski definition) is 4. The summed E-state index contributed by atoms with van der Waals surface area (Å²) in [6, 6.07) is 0. The van der Waals surface area contributed by atoms with Gasteiger partial charge in [0.25, 0.3) is 5.91 Å². The van der Waals surface area contributed by atoms with Gasteiger partial charge in [-0.15, -0.1) is 0 Å². The largest absolute Gasteiger partial charge is 0.369 e. The molecule has 5 nitrogen and oxygen atoms in total. The molecule has 1 aromatic heterocycles. The van der Waals surface area contributed by atoms with Crippen LogP contribution in [0.1, 0.15) is 50.5 Å². The lowest BCUT2D eigenvalue weighted by molar-refractivity contribution is 0.0946. The highest BCUT2D eigenvalue weighted by atomic mass is 16.1. The summed E-state index contributed by atoms with van der Waals surface area (Å²) >= 11 is 0. The Hall–Kier alpha value is -1.65. The van der Waals surface area contributed by atoms with Gasteiger partial charge in [-0.25, -0.2) is 9.97 Å². The molecule has 106 valence electrons. The third-order valence-electron chi connectivity index (χ3n) is 2.73. The Morgan fingerprint density at radius 2 is 2.05 bits per heavy atom. The van der Waals surface area contributed by atoms with Gasteiger partial charge in [-0.05, 0) is 18.8 Å². The van der Waals surface area contributed by atoms with Crippen LogP contribution in [0, 0.1) is 5.92 Å². The Labute approximate surface area is 115 Å². The molecule has 19 heavy (non-hydrogen) atoms. The molecule has 0 aliphatic heterocycles. The lowest BCUT2D eigenvalue weighted by Crippen LogP contribution is -2.26. The lowest BCUT2D eigenvalue weighted by Gasteiger charge is -2.07. The van der Waals surface area contributed by atoms with E-state index in [4.69, 9.17) is 0 Å². The van der Waals surface area contributed by atoms with Crippen molar-refractivity contribution in [3.05, 3.63) is 18.1 Å². The molecule has 0 atom stereocenters. The molecule has 1 aromatic rings. The zero-order valence-electron chi connectivity index (χ0n) is 12.1. The molecule has 0 unspecified atom stereocenters. The van der Waals surface area contributed by atoms with Crippen LogP contribution >= 0.6 is 0 Å². The molecule has 2 N–H and O–H groups in total. The Bertz CT molecular complexity index is 376. The van der Waals surface area contributed by atoms with Gasteiger partial charge in [0.15, 0.2) is 0 Å². The van der Waals surface area contributed by atoms with Crippen molar-refractivity contribution in [3.8, 4) is 0 Å². The van der Waals surface area contributed by atoms with E-state index in [1.165, 1.54) is 6.20 Å². The summed E-state index contributed by atoms with van der Waals surface area (Å²) in [5.74, 6) is 1.14. The average Bonchev–Trinajstić information content (AvgIpc) is 2.39. The quantitative estimate of drug-likeness (QED) is 0.708. The second-order valence-corrected chi connectivity index (χ2v) is 5.01. The number of anilines is 1. The number of hydrogen-bond donors (Lipinski definition) is 2. The van der Waals surface area contributed by atoms with Crippen LogP contribution in [0.2, 0.25) is 0 Å². The average molecular weight is 264 g/mol. The van der Waals surface area contributed by atoms with Gasteiger partial charge in [0.05, 0.1) is 12.4 Å². The van der Waals surface area contributed by atoms with Gasteiger partial charge >= 0.3 is 0 Å². The van der Waals surface area contributed by atoms with E-state index in [-0.39, 0.29) is 5.91 Å². The number of nitrogens with zero attached hydrogens (tertiary/aromatic N) is 2. The molecular formula is C14H24N4O. The minimum atomic E-state index is -0.159.